The van der Waals surface area contributed by atoms with Crippen molar-refractivity contribution in [2.75, 3.05) is 10.6 Å². The zero-order chi connectivity index (χ0) is 23.4. The number of benzene rings is 3. The van der Waals surface area contributed by atoms with Crippen molar-refractivity contribution >= 4 is 29.2 Å². The lowest BCUT2D eigenvalue weighted by Crippen LogP contribution is -2.25. The SMILES string of the molecule is O=C(Nc1ccccc1)Nc1ccc(-c2ccc(C(=O)[C@@H]3CCC[C@H]3C(=O)O)cc2)cc1F. The zero-order valence-corrected chi connectivity index (χ0v) is 17.8. The molecule has 1 fully saturated rings. The van der Waals surface area contributed by atoms with Gasteiger partial charge in [-0.1, -0.05) is 55.0 Å². The molecule has 0 heterocycles. The van der Waals surface area contributed by atoms with Crippen molar-refractivity contribution in [3.63, 3.8) is 0 Å². The Hall–Kier alpha value is -4.00. The molecule has 0 spiro atoms. The van der Waals surface area contributed by atoms with Gasteiger partial charge in [-0.25, -0.2) is 9.18 Å². The molecule has 33 heavy (non-hydrogen) atoms. The van der Waals surface area contributed by atoms with E-state index in [0.29, 0.717) is 35.2 Å². The first-order chi connectivity index (χ1) is 15.9. The summed E-state index contributed by atoms with van der Waals surface area (Å²) in [5.41, 5.74) is 2.37. The van der Waals surface area contributed by atoms with E-state index in [2.05, 4.69) is 10.6 Å². The average Bonchev–Trinajstić information content (AvgIpc) is 3.31. The molecule has 3 aromatic carbocycles. The molecule has 1 aliphatic rings. The standard InChI is InChI=1S/C26H23FN2O4/c27-22-15-18(13-14-23(22)29-26(33)28-19-5-2-1-3-6-19)16-9-11-17(12-10-16)24(30)20-7-4-8-21(20)25(31)32/h1-3,5-6,9-15,20-21H,4,7-8H2,(H,31,32)(H2,28,29,33)/t20-,21-/m1/s1. The van der Waals surface area contributed by atoms with Gasteiger partial charge in [0.2, 0.25) is 0 Å². The number of carboxylic acid groups (broad SMARTS) is 1. The minimum absolute atomic E-state index is 0.0416. The summed E-state index contributed by atoms with van der Waals surface area (Å²) in [6.45, 7) is 0. The van der Waals surface area contributed by atoms with Crippen molar-refractivity contribution in [1.29, 1.82) is 0 Å². The van der Waals surface area contributed by atoms with Crippen molar-refractivity contribution in [2.24, 2.45) is 11.8 Å². The van der Waals surface area contributed by atoms with Gasteiger partial charge in [-0.05, 0) is 48.2 Å². The van der Waals surface area contributed by atoms with Crippen molar-refractivity contribution in [1.82, 2.24) is 0 Å². The summed E-state index contributed by atoms with van der Waals surface area (Å²) in [5.74, 6) is -2.82. The number of carbonyl (C=O) groups is 3. The number of rotatable bonds is 6. The van der Waals surface area contributed by atoms with E-state index in [9.17, 15) is 23.9 Å². The lowest BCUT2D eigenvalue weighted by molar-refractivity contribution is -0.142. The van der Waals surface area contributed by atoms with Gasteiger partial charge in [-0.2, -0.15) is 0 Å². The molecular weight excluding hydrogens is 423 g/mol. The van der Waals surface area contributed by atoms with Crippen molar-refractivity contribution in [3.05, 3.63) is 84.2 Å². The number of Topliss-reactive ketones (excluding diaryl/α,β-unsaturated/α-hetero) is 1. The summed E-state index contributed by atoms with van der Waals surface area (Å²) in [7, 11) is 0. The van der Waals surface area contributed by atoms with Crippen LogP contribution in [-0.4, -0.2) is 22.9 Å². The Morgan fingerprint density at radius 3 is 2.15 bits per heavy atom. The number of hydrogen-bond donors (Lipinski definition) is 3. The predicted octanol–water partition coefficient (Wildman–Crippen LogP) is 5.82. The third kappa shape index (κ3) is 5.09. The van der Waals surface area contributed by atoms with Gasteiger partial charge >= 0.3 is 12.0 Å². The van der Waals surface area contributed by atoms with Crippen molar-refractivity contribution < 1.29 is 23.9 Å². The van der Waals surface area contributed by atoms with Gasteiger partial charge in [0, 0.05) is 17.2 Å². The molecule has 1 saturated carbocycles. The highest BCUT2D eigenvalue weighted by molar-refractivity contribution is 6.01. The number of carboxylic acids is 1. The van der Waals surface area contributed by atoms with E-state index in [1.807, 2.05) is 6.07 Å². The first-order valence-electron chi connectivity index (χ1n) is 10.7. The van der Waals surface area contributed by atoms with E-state index in [0.717, 1.165) is 6.42 Å². The van der Waals surface area contributed by atoms with Gasteiger partial charge < -0.3 is 15.7 Å². The first kappa shape index (κ1) is 22.2. The molecule has 0 aliphatic heterocycles. The van der Waals surface area contributed by atoms with Crippen LogP contribution in [0.25, 0.3) is 11.1 Å². The van der Waals surface area contributed by atoms with E-state index < -0.39 is 29.7 Å². The van der Waals surface area contributed by atoms with Crippen LogP contribution in [0, 0.1) is 17.7 Å². The Morgan fingerprint density at radius 1 is 0.818 bits per heavy atom. The molecule has 168 valence electrons. The van der Waals surface area contributed by atoms with Gasteiger partial charge in [0.25, 0.3) is 0 Å². The Balaban J connectivity index is 1.44. The summed E-state index contributed by atoms with van der Waals surface area (Å²) in [4.78, 5) is 36.3. The summed E-state index contributed by atoms with van der Waals surface area (Å²) in [6, 6.07) is 19.5. The molecule has 4 rings (SSSR count). The topological polar surface area (TPSA) is 95.5 Å². The lowest BCUT2D eigenvalue weighted by Gasteiger charge is -2.15. The van der Waals surface area contributed by atoms with E-state index in [-0.39, 0.29) is 11.5 Å². The van der Waals surface area contributed by atoms with Gasteiger partial charge in [0.15, 0.2) is 5.78 Å². The second-order valence-electron chi connectivity index (χ2n) is 8.06. The Morgan fingerprint density at radius 2 is 1.48 bits per heavy atom. The molecule has 0 bridgehead atoms. The van der Waals surface area contributed by atoms with E-state index in [1.54, 1.807) is 54.6 Å². The second kappa shape index (κ2) is 9.65. The highest BCUT2D eigenvalue weighted by Gasteiger charge is 2.37. The second-order valence-corrected chi connectivity index (χ2v) is 8.06. The maximum Gasteiger partial charge on any atom is 0.323 e. The molecular formula is C26H23FN2O4. The minimum Gasteiger partial charge on any atom is -0.481 e. The van der Waals surface area contributed by atoms with E-state index >= 15 is 0 Å². The Bertz CT molecular complexity index is 1180. The number of aliphatic carboxylic acids is 1. The molecule has 0 unspecified atom stereocenters. The van der Waals surface area contributed by atoms with Crippen LogP contribution < -0.4 is 10.6 Å². The summed E-state index contributed by atoms with van der Waals surface area (Å²) in [6.07, 6.45) is 1.83. The maximum absolute atomic E-state index is 14.6. The number of urea groups is 1. The number of hydrogen-bond acceptors (Lipinski definition) is 3. The molecule has 2 atom stereocenters. The monoisotopic (exact) mass is 446 g/mol. The largest absolute Gasteiger partial charge is 0.481 e. The van der Waals surface area contributed by atoms with Crippen LogP contribution in [0.15, 0.2) is 72.8 Å². The number of anilines is 2. The molecule has 6 nitrogen and oxygen atoms in total. The Labute approximate surface area is 190 Å². The van der Waals surface area contributed by atoms with Crippen LogP contribution >= 0.6 is 0 Å². The van der Waals surface area contributed by atoms with Gasteiger partial charge in [0.1, 0.15) is 5.82 Å². The maximum atomic E-state index is 14.6. The number of halogens is 1. The third-order valence-electron chi connectivity index (χ3n) is 5.92. The quantitative estimate of drug-likeness (QED) is 0.416. The number of nitrogens with one attached hydrogen (secondary N) is 2. The summed E-state index contributed by atoms with van der Waals surface area (Å²) >= 11 is 0. The van der Waals surface area contributed by atoms with E-state index in [4.69, 9.17) is 0 Å². The highest BCUT2D eigenvalue weighted by atomic mass is 19.1. The average molecular weight is 446 g/mol. The fourth-order valence-electron chi connectivity index (χ4n) is 4.21. The molecule has 7 heteroatoms. The third-order valence-corrected chi connectivity index (χ3v) is 5.92. The molecule has 2 amide bonds. The van der Waals surface area contributed by atoms with E-state index in [1.165, 1.54) is 12.1 Å². The van der Waals surface area contributed by atoms with Gasteiger partial charge in [-0.15, -0.1) is 0 Å². The van der Waals surface area contributed by atoms with Crippen LogP contribution in [0.3, 0.4) is 0 Å². The minimum atomic E-state index is -0.927. The molecule has 3 aromatic rings. The summed E-state index contributed by atoms with van der Waals surface area (Å²) in [5, 5.41) is 14.4. The number of ketones is 1. The fourth-order valence-corrected chi connectivity index (χ4v) is 4.21. The molecule has 0 radical (unpaired) electrons. The van der Waals surface area contributed by atoms with Crippen molar-refractivity contribution in [3.8, 4) is 11.1 Å². The smallest absolute Gasteiger partial charge is 0.323 e. The van der Waals surface area contributed by atoms with Crippen LogP contribution in [0.5, 0.6) is 0 Å². The first-order valence-corrected chi connectivity index (χ1v) is 10.7. The normalized spacial score (nSPS) is 17.4. The molecule has 0 saturated heterocycles. The number of para-hydroxylation sites is 1. The van der Waals surface area contributed by atoms with Crippen LogP contribution in [-0.2, 0) is 4.79 Å². The number of amides is 2. The predicted molar refractivity (Wildman–Crippen MR) is 124 cm³/mol. The van der Waals surface area contributed by atoms with Crippen LogP contribution in [0.2, 0.25) is 0 Å². The molecule has 0 aromatic heterocycles. The van der Waals surface area contributed by atoms with Crippen LogP contribution in [0.4, 0.5) is 20.6 Å². The van der Waals surface area contributed by atoms with Gasteiger partial charge in [0.05, 0.1) is 11.6 Å². The lowest BCUT2D eigenvalue weighted by atomic mass is 9.88. The number of carbonyl (C=O) groups excluding carboxylic acids is 2. The van der Waals surface area contributed by atoms with Crippen LogP contribution in [0.1, 0.15) is 29.6 Å². The summed E-state index contributed by atoms with van der Waals surface area (Å²) < 4.78 is 14.6. The zero-order valence-electron chi connectivity index (χ0n) is 17.8. The Kier molecular flexibility index (Phi) is 6.49. The molecule has 3 N–H and O–H groups in total. The highest BCUT2D eigenvalue weighted by Crippen LogP contribution is 2.35. The molecule has 1 aliphatic carbocycles. The van der Waals surface area contributed by atoms with Gasteiger partial charge in [-0.3, -0.25) is 9.59 Å². The fraction of sp³-hybridized carbons (Fsp3) is 0.192. The van der Waals surface area contributed by atoms with Crippen molar-refractivity contribution in [2.45, 2.75) is 19.3 Å².